The zero-order valence-corrected chi connectivity index (χ0v) is 16.6. The number of aryl methyl sites for hydroxylation is 3. The molecule has 29 heavy (non-hydrogen) atoms. The lowest BCUT2D eigenvalue weighted by Crippen LogP contribution is -2.07. The van der Waals surface area contributed by atoms with E-state index in [0.717, 1.165) is 42.0 Å². The fourth-order valence-electron chi connectivity index (χ4n) is 3.14. The van der Waals surface area contributed by atoms with Gasteiger partial charge in [-0.05, 0) is 37.5 Å². The minimum absolute atomic E-state index is 0.113. The second kappa shape index (κ2) is 8.68. The topological polar surface area (TPSA) is 81.7 Å². The van der Waals surface area contributed by atoms with Gasteiger partial charge in [0.05, 0.1) is 17.8 Å². The first-order chi connectivity index (χ1) is 14.2. The summed E-state index contributed by atoms with van der Waals surface area (Å²) in [5.74, 6) is 2.01. The minimum atomic E-state index is 0.113. The van der Waals surface area contributed by atoms with E-state index in [1.807, 2.05) is 37.6 Å². The molecule has 0 aliphatic carbocycles. The van der Waals surface area contributed by atoms with Gasteiger partial charge in [0.1, 0.15) is 5.82 Å². The number of anilines is 1. The molecule has 0 aliphatic heterocycles. The van der Waals surface area contributed by atoms with Crippen LogP contribution in [0.4, 0.5) is 5.82 Å². The van der Waals surface area contributed by atoms with Gasteiger partial charge >= 0.3 is 0 Å². The van der Waals surface area contributed by atoms with Crippen molar-refractivity contribution in [3.05, 3.63) is 78.0 Å². The summed E-state index contributed by atoms with van der Waals surface area (Å²) < 4.78 is 7.20. The van der Waals surface area contributed by atoms with Crippen molar-refractivity contribution in [2.45, 2.75) is 32.2 Å². The Morgan fingerprint density at radius 1 is 1.07 bits per heavy atom. The van der Waals surface area contributed by atoms with Crippen LogP contribution in [0.3, 0.4) is 0 Å². The zero-order valence-electron chi connectivity index (χ0n) is 16.6. The first kappa shape index (κ1) is 18.9. The lowest BCUT2D eigenvalue weighted by Gasteiger charge is -2.12. The monoisotopic (exact) mass is 388 g/mol. The van der Waals surface area contributed by atoms with Gasteiger partial charge < -0.3 is 9.84 Å². The Morgan fingerprint density at radius 2 is 1.93 bits per heavy atom. The van der Waals surface area contributed by atoms with Gasteiger partial charge in [0.15, 0.2) is 5.82 Å². The maximum absolute atomic E-state index is 5.41. The molecule has 4 aromatic rings. The zero-order chi connectivity index (χ0) is 20.1. The molecular weight excluding hydrogens is 364 g/mol. The van der Waals surface area contributed by atoms with E-state index in [-0.39, 0.29) is 6.04 Å². The Morgan fingerprint density at radius 3 is 2.66 bits per heavy atom. The molecule has 0 fully saturated rings. The largest absolute Gasteiger partial charge is 0.363 e. The molecule has 7 nitrogen and oxygen atoms in total. The van der Waals surface area contributed by atoms with E-state index >= 15 is 0 Å². The molecule has 0 saturated heterocycles. The molecule has 0 amide bonds. The van der Waals surface area contributed by atoms with Crippen molar-refractivity contribution in [3.8, 4) is 11.5 Å². The highest BCUT2D eigenvalue weighted by atomic mass is 16.5. The fraction of sp³-hybridized carbons (Fsp3) is 0.273. The van der Waals surface area contributed by atoms with Crippen molar-refractivity contribution >= 4 is 5.82 Å². The number of nitrogens with one attached hydrogen (secondary N) is 1. The number of rotatable bonds is 8. The van der Waals surface area contributed by atoms with Crippen LogP contribution in [0.5, 0.6) is 0 Å². The third kappa shape index (κ3) is 4.87. The number of pyridine rings is 1. The van der Waals surface area contributed by atoms with E-state index < -0.39 is 0 Å². The van der Waals surface area contributed by atoms with E-state index in [4.69, 9.17) is 4.52 Å². The van der Waals surface area contributed by atoms with Gasteiger partial charge in [-0.15, -0.1) is 0 Å². The summed E-state index contributed by atoms with van der Waals surface area (Å²) >= 11 is 0. The summed E-state index contributed by atoms with van der Waals surface area (Å²) in [6.45, 7) is 2.08. The predicted molar refractivity (Wildman–Crippen MR) is 111 cm³/mol. The van der Waals surface area contributed by atoms with Crippen molar-refractivity contribution < 1.29 is 4.52 Å². The first-order valence-electron chi connectivity index (χ1n) is 9.75. The summed E-state index contributed by atoms with van der Waals surface area (Å²) in [6.07, 6.45) is 8.36. The highest BCUT2D eigenvalue weighted by Crippen LogP contribution is 2.21. The van der Waals surface area contributed by atoms with Crippen LogP contribution in [0.25, 0.3) is 11.5 Å². The standard InChI is InChI=1S/C22H24N6O/c1-16(19-14-24-28(2)15-19)25-20-12-11-18(13-23-20)22-26-21(27-29-22)10-6-9-17-7-4-3-5-8-17/h3-5,7-8,11-16H,6,9-10H2,1-2H3,(H,23,25). The Labute approximate surface area is 169 Å². The summed E-state index contributed by atoms with van der Waals surface area (Å²) in [5, 5.41) is 11.7. The SMILES string of the molecule is CC(Nc1ccc(-c2nc(CCCc3ccccc3)no2)cn1)c1cnn(C)c1. The molecule has 1 unspecified atom stereocenters. The summed E-state index contributed by atoms with van der Waals surface area (Å²) in [6, 6.07) is 14.4. The van der Waals surface area contributed by atoms with Gasteiger partial charge in [0, 0.05) is 31.4 Å². The van der Waals surface area contributed by atoms with Gasteiger partial charge in [-0.3, -0.25) is 4.68 Å². The van der Waals surface area contributed by atoms with Crippen LogP contribution in [-0.4, -0.2) is 24.9 Å². The van der Waals surface area contributed by atoms with Gasteiger partial charge in [0.25, 0.3) is 5.89 Å². The molecular formula is C22H24N6O. The van der Waals surface area contributed by atoms with Crippen LogP contribution >= 0.6 is 0 Å². The minimum Gasteiger partial charge on any atom is -0.363 e. The van der Waals surface area contributed by atoms with E-state index in [1.54, 1.807) is 10.9 Å². The maximum Gasteiger partial charge on any atom is 0.259 e. The average molecular weight is 388 g/mol. The predicted octanol–water partition coefficient (Wildman–Crippen LogP) is 4.21. The van der Waals surface area contributed by atoms with Crippen molar-refractivity contribution in [3.63, 3.8) is 0 Å². The molecule has 148 valence electrons. The molecule has 3 heterocycles. The second-order valence-corrected chi connectivity index (χ2v) is 7.10. The Bertz CT molecular complexity index is 1040. The van der Waals surface area contributed by atoms with Crippen LogP contribution in [0, 0.1) is 0 Å². The number of hydrogen-bond acceptors (Lipinski definition) is 6. The molecule has 1 aromatic carbocycles. The fourth-order valence-corrected chi connectivity index (χ4v) is 3.14. The molecule has 1 atom stereocenters. The molecule has 0 aliphatic rings. The summed E-state index contributed by atoms with van der Waals surface area (Å²) in [7, 11) is 1.91. The average Bonchev–Trinajstić information content (AvgIpc) is 3.39. The van der Waals surface area contributed by atoms with E-state index in [0.29, 0.717) is 5.89 Å². The number of aromatic nitrogens is 5. The summed E-state index contributed by atoms with van der Waals surface area (Å²) in [4.78, 5) is 8.98. The van der Waals surface area contributed by atoms with Gasteiger partial charge in [-0.1, -0.05) is 35.5 Å². The van der Waals surface area contributed by atoms with Crippen LogP contribution in [0.1, 0.15) is 36.3 Å². The molecule has 4 rings (SSSR count). The lowest BCUT2D eigenvalue weighted by molar-refractivity contribution is 0.421. The second-order valence-electron chi connectivity index (χ2n) is 7.10. The maximum atomic E-state index is 5.41. The Balaban J connectivity index is 1.33. The third-order valence-electron chi connectivity index (χ3n) is 4.78. The molecule has 0 bridgehead atoms. The van der Waals surface area contributed by atoms with Crippen LogP contribution in [0.2, 0.25) is 0 Å². The third-order valence-corrected chi connectivity index (χ3v) is 4.78. The van der Waals surface area contributed by atoms with Crippen LogP contribution in [0.15, 0.2) is 65.6 Å². The van der Waals surface area contributed by atoms with Crippen molar-refractivity contribution in [1.82, 2.24) is 24.9 Å². The van der Waals surface area contributed by atoms with Crippen LogP contribution < -0.4 is 5.32 Å². The number of hydrogen-bond donors (Lipinski definition) is 1. The molecule has 0 spiro atoms. The molecule has 1 N–H and O–H groups in total. The number of benzene rings is 1. The first-order valence-corrected chi connectivity index (χ1v) is 9.75. The number of nitrogens with zero attached hydrogens (tertiary/aromatic N) is 5. The normalized spacial score (nSPS) is 12.1. The van der Waals surface area contributed by atoms with Crippen LogP contribution in [-0.2, 0) is 19.9 Å². The molecule has 7 heteroatoms. The van der Waals surface area contributed by atoms with Gasteiger partial charge in [0.2, 0.25) is 0 Å². The van der Waals surface area contributed by atoms with Crippen molar-refractivity contribution in [2.75, 3.05) is 5.32 Å². The van der Waals surface area contributed by atoms with E-state index in [9.17, 15) is 0 Å². The van der Waals surface area contributed by atoms with Gasteiger partial charge in [-0.2, -0.15) is 10.1 Å². The molecule has 3 aromatic heterocycles. The van der Waals surface area contributed by atoms with E-state index in [2.05, 4.69) is 56.7 Å². The van der Waals surface area contributed by atoms with Gasteiger partial charge in [-0.25, -0.2) is 4.98 Å². The summed E-state index contributed by atoms with van der Waals surface area (Å²) in [5.41, 5.74) is 3.24. The van der Waals surface area contributed by atoms with Crippen molar-refractivity contribution in [1.29, 1.82) is 0 Å². The Kier molecular flexibility index (Phi) is 5.65. The smallest absolute Gasteiger partial charge is 0.259 e. The lowest BCUT2D eigenvalue weighted by atomic mass is 10.1. The van der Waals surface area contributed by atoms with E-state index in [1.165, 1.54) is 5.56 Å². The molecule has 0 saturated carbocycles. The quantitative estimate of drug-likeness (QED) is 0.487. The highest BCUT2D eigenvalue weighted by molar-refractivity contribution is 5.54. The highest BCUT2D eigenvalue weighted by Gasteiger charge is 2.11. The van der Waals surface area contributed by atoms with Crippen molar-refractivity contribution in [2.24, 2.45) is 7.05 Å². The molecule has 0 radical (unpaired) electrons. The Hall–Kier alpha value is -3.48.